The van der Waals surface area contributed by atoms with Crippen molar-refractivity contribution in [3.63, 3.8) is 0 Å². The summed E-state index contributed by atoms with van der Waals surface area (Å²) in [5.74, 6) is 0.0521. The number of rotatable bonds is 3. The van der Waals surface area contributed by atoms with Gasteiger partial charge in [-0.3, -0.25) is 4.79 Å². The first kappa shape index (κ1) is 14.3. The van der Waals surface area contributed by atoms with Gasteiger partial charge in [-0.2, -0.15) is 0 Å². The summed E-state index contributed by atoms with van der Waals surface area (Å²) in [6, 6.07) is 9.64. The molecule has 3 rings (SSSR count). The lowest BCUT2D eigenvalue weighted by atomic mass is 10.2. The lowest BCUT2D eigenvalue weighted by Crippen LogP contribution is -2.09. The van der Waals surface area contributed by atoms with E-state index in [9.17, 15) is 4.79 Å². The van der Waals surface area contributed by atoms with Crippen LogP contribution < -0.4 is 0 Å². The second kappa shape index (κ2) is 5.64. The first-order valence-electron chi connectivity index (χ1n) is 5.77. The van der Waals surface area contributed by atoms with Crippen LogP contribution in [0, 0.1) is 0 Å². The van der Waals surface area contributed by atoms with E-state index < -0.39 is 0 Å². The van der Waals surface area contributed by atoms with Crippen molar-refractivity contribution >= 4 is 71.5 Å². The highest BCUT2D eigenvalue weighted by atomic mass is 79.9. The number of hydrogen-bond donors (Lipinski definition) is 0. The zero-order valence-corrected chi connectivity index (χ0v) is 14.8. The van der Waals surface area contributed by atoms with Crippen molar-refractivity contribution < 1.29 is 4.79 Å². The normalized spacial score (nSPS) is 11.2. The number of carbonyl (C=O) groups is 1. The maximum absolute atomic E-state index is 12.4. The molecule has 6 heteroatoms. The van der Waals surface area contributed by atoms with Gasteiger partial charge in [-0.25, -0.2) is 0 Å². The van der Waals surface area contributed by atoms with E-state index >= 15 is 0 Å². The van der Waals surface area contributed by atoms with Gasteiger partial charge in [-0.05, 0) is 44.0 Å². The molecule has 0 saturated carbocycles. The predicted molar refractivity (Wildman–Crippen MR) is 91.0 cm³/mol. The number of carbonyl (C=O) groups excluding carboxylic acids is 1. The van der Waals surface area contributed by atoms with Gasteiger partial charge in [0.25, 0.3) is 0 Å². The fourth-order valence-electron chi connectivity index (χ4n) is 2.10. The van der Waals surface area contributed by atoms with Crippen LogP contribution in [0.15, 0.2) is 44.1 Å². The molecule has 0 atom stereocenters. The number of hydrogen-bond acceptors (Lipinski definition) is 2. The highest BCUT2D eigenvalue weighted by Crippen LogP contribution is 2.33. The van der Waals surface area contributed by atoms with E-state index in [1.54, 1.807) is 6.20 Å². The number of halogens is 3. The maximum atomic E-state index is 12.4. The van der Waals surface area contributed by atoms with Gasteiger partial charge in [0, 0.05) is 22.7 Å². The largest absolute Gasteiger partial charge is 0.338 e. The zero-order valence-electron chi connectivity index (χ0n) is 10.1. The van der Waals surface area contributed by atoms with E-state index in [2.05, 4.69) is 31.9 Å². The quantitative estimate of drug-likeness (QED) is 0.481. The van der Waals surface area contributed by atoms with Gasteiger partial charge in [0.2, 0.25) is 0 Å². The summed E-state index contributed by atoms with van der Waals surface area (Å²) in [5, 5.41) is 1.63. The van der Waals surface area contributed by atoms with Gasteiger partial charge in [0.1, 0.15) is 0 Å². The van der Waals surface area contributed by atoms with Crippen molar-refractivity contribution in [3.05, 3.63) is 54.7 Å². The van der Waals surface area contributed by atoms with Crippen LogP contribution in [0.5, 0.6) is 0 Å². The molecule has 0 spiro atoms. The molecule has 0 radical (unpaired) electrons. The van der Waals surface area contributed by atoms with Crippen molar-refractivity contribution in [2.45, 2.75) is 6.54 Å². The molecule has 0 unspecified atom stereocenters. The molecule has 1 aromatic carbocycles. The number of benzene rings is 1. The van der Waals surface area contributed by atoms with Gasteiger partial charge in [-0.1, -0.05) is 29.8 Å². The topological polar surface area (TPSA) is 22.0 Å². The monoisotopic (exact) mass is 431 g/mol. The summed E-state index contributed by atoms with van der Waals surface area (Å²) >= 11 is 14.5. The third-order valence-electron chi connectivity index (χ3n) is 3.01. The zero-order chi connectivity index (χ0) is 14.3. The van der Waals surface area contributed by atoms with Crippen LogP contribution in [-0.4, -0.2) is 10.4 Å². The van der Waals surface area contributed by atoms with Gasteiger partial charge >= 0.3 is 0 Å². The molecule has 0 aliphatic carbocycles. The summed E-state index contributed by atoms with van der Waals surface area (Å²) in [5.41, 5.74) is 1.66. The van der Waals surface area contributed by atoms with Crippen LogP contribution >= 0.6 is 54.8 Å². The number of para-hydroxylation sites is 1. The molecule has 0 bridgehead atoms. The minimum atomic E-state index is 0.0521. The molecule has 0 amide bonds. The third-order valence-corrected chi connectivity index (χ3v) is 5.65. The number of nitrogens with zero attached hydrogens (tertiary/aromatic N) is 1. The fraction of sp³-hybridized carbons (Fsp3) is 0.0714. The van der Waals surface area contributed by atoms with Gasteiger partial charge < -0.3 is 4.57 Å². The van der Waals surface area contributed by atoms with Crippen molar-refractivity contribution in [1.29, 1.82) is 0 Å². The maximum Gasteiger partial charge on any atom is 0.184 e. The molecule has 0 saturated heterocycles. The summed E-state index contributed by atoms with van der Waals surface area (Å²) in [6.07, 6.45) is 1.81. The molecule has 102 valence electrons. The number of aromatic nitrogens is 1. The van der Waals surface area contributed by atoms with E-state index in [1.165, 1.54) is 11.3 Å². The van der Waals surface area contributed by atoms with Gasteiger partial charge in [-0.15, -0.1) is 11.3 Å². The lowest BCUT2D eigenvalue weighted by Gasteiger charge is -2.03. The molecule has 0 N–H and O–H groups in total. The Balaban J connectivity index is 1.97. The third kappa shape index (κ3) is 2.60. The Kier molecular flexibility index (Phi) is 4.04. The van der Waals surface area contributed by atoms with Crippen LogP contribution in [0.3, 0.4) is 0 Å². The first-order chi connectivity index (χ1) is 9.56. The second-order valence-corrected chi connectivity index (χ2v) is 8.44. The molecular formula is C14H8Br2ClNOS. The minimum Gasteiger partial charge on any atom is -0.338 e. The van der Waals surface area contributed by atoms with E-state index in [-0.39, 0.29) is 12.3 Å². The number of Topliss-reactive ketones (excluding diaryl/α,β-unsaturated/α-hetero) is 1. The number of fused-ring (bicyclic) bond motifs is 1. The van der Waals surface area contributed by atoms with Crippen LogP contribution in [0.25, 0.3) is 10.9 Å². The molecule has 2 heterocycles. The van der Waals surface area contributed by atoms with Crippen LogP contribution in [0.4, 0.5) is 0 Å². The minimum absolute atomic E-state index is 0.0521. The van der Waals surface area contributed by atoms with Crippen molar-refractivity contribution in [2.75, 3.05) is 0 Å². The summed E-state index contributed by atoms with van der Waals surface area (Å²) < 4.78 is 3.66. The van der Waals surface area contributed by atoms with E-state index in [0.717, 1.165) is 18.5 Å². The Morgan fingerprint density at radius 2 is 2.05 bits per heavy atom. The Morgan fingerprint density at radius 1 is 1.30 bits per heavy atom. The lowest BCUT2D eigenvalue weighted by molar-refractivity contribution is 0.0973. The Bertz CT molecular complexity index is 809. The number of thiophene rings is 1. The van der Waals surface area contributed by atoms with Crippen molar-refractivity contribution in [2.24, 2.45) is 0 Å². The summed E-state index contributed by atoms with van der Waals surface area (Å²) in [4.78, 5) is 12.4. The summed E-state index contributed by atoms with van der Waals surface area (Å²) in [6.45, 7) is 0.273. The molecule has 20 heavy (non-hydrogen) atoms. The first-order valence-corrected chi connectivity index (χ1v) is 8.55. The Hall–Kier alpha value is -0.620. The average molecular weight is 434 g/mol. The van der Waals surface area contributed by atoms with Crippen LogP contribution in [0.2, 0.25) is 5.02 Å². The standard InChI is InChI=1S/C14H8Br2ClNOS/c15-13-5-9(14(16)20-13)12(19)7-18-6-10(17)8-3-1-2-4-11(8)18/h1-6H,7H2. The van der Waals surface area contributed by atoms with Gasteiger partial charge in [0.15, 0.2) is 5.78 Å². The summed E-state index contributed by atoms with van der Waals surface area (Å²) in [7, 11) is 0. The van der Waals surface area contributed by atoms with Crippen molar-refractivity contribution in [1.82, 2.24) is 4.57 Å². The Morgan fingerprint density at radius 3 is 2.75 bits per heavy atom. The van der Waals surface area contributed by atoms with Gasteiger partial charge in [0.05, 0.1) is 19.1 Å². The number of ketones is 1. The van der Waals surface area contributed by atoms with Crippen LogP contribution in [0.1, 0.15) is 10.4 Å². The van der Waals surface area contributed by atoms with Crippen LogP contribution in [-0.2, 0) is 6.54 Å². The fourth-order valence-corrected chi connectivity index (χ4v) is 5.24. The smallest absolute Gasteiger partial charge is 0.184 e. The molecule has 0 aliphatic rings. The Labute approximate surface area is 141 Å². The average Bonchev–Trinajstić information content (AvgIpc) is 2.91. The second-order valence-electron chi connectivity index (χ2n) is 4.28. The molecule has 3 aromatic rings. The van der Waals surface area contributed by atoms with E-state index in [0.29, 0.717) is 10.6 Å². The highest BCUT2D eigenvalue weighted by Gasteiger charge is 2.16. The SMILES string of the molecule is O=C(Cn1cc(Cl)c2ccccc21)c1cc(Br)sc1Br. The van der Waals surface area contributed by atoms with E-state index in [1.807, 2.05) is 34.9 Å². The molecule has 0 aliphatic heterocycles. The van der Waals surface area contributed by atoms with Crippen molar-refractivity contribution in [3.8, 4) is 0 Å². The molecular weight excluding hydrogens is 425 g/mol. The highest BCUT2D eigenvalue weighted by molar-refractivity contribution is 9.12. The molecule has 0 fully saturated rings. The molecule has 2 aromatic heterocycles. The van der Waals surface area contributed by atoms with E-state index in [4.69, 9.17) is 11.6 Å². The predicted octanol–water partition coefficient (Wildman–Crippen LogP) is 5.76. The molecule has 2 nitrogen and oxygen atoms in total.